The highest BCUT2D eigenvalue weighted by molar-refractivity contribution is 9.10. The molecule has 0 aliphatic heterocycles. The fraction of sp³-hybridized carbons (Fsp3) is 0.143. The number of nitrogens with one attached hydrogen (secondary N) is 1. The summed E-state index contributed by atoms with van der Waals surface area (Å²) in [5.74, 6) is -0.143. The van der Waals surface area contributed by atoms with Gasteiger partial charge >= 0.3 is 0 Å². The number of hydrogen-bond donors (Lipinski definition) is 1. The van der Waals surface area contributed by atoms with E-state index in [1.807, 2.05) is 37.2 Å². The van der Waals surface area contributed by atoms with E-state index in [1.165, 1.54) is 0 Å². The van der Waals surface area contributed by atoms with E-state index in [0.717, 1.165) is 10.2 Å². The van der Waals surface area contributed by atoms with Crippen LogP contribution in [0, 0.1) is 0 Å². The van der Waals surface area contributed by atoms with Crippen LogP contribution in [0.15, 0.2) is 47.2 Å². The molecule has 1 heterocycles. The van der Waals surface area contributed by atoms with E-state index in [1.54, 1.807) is 24.5 Å². The minimum absolute atomic E-state index is 0.143. The van der Waals surface area contributed by atoms with Crippen LogP contribution in [0.2, 0.25) is 0 Å². The molecule has 0 radical (unpaired) electrons. The van der Waals surface area contributed by atoms with Gasteiger partial charge in [-0.1, -0.05) is 6.07 Å². The zero-order valence-electron chi connectivity index (χ0n) is 10.7. The van der Waals surface area contributed by atoms with Crippen LogP contribution in [0.25, 0.3) is 0 Å². The quantitative estimate of drug-likeness (QED) is 0.945. The number of carbonyl (C=O) groups excluding carboxylic acids is 1. The molecule has 98 valence electrons. The summed E-state index contributed by atoms with van der Waals surface area (Å²) in [6, 6.07) is 9.21. The van der Waals surface area contributed by atoms with Gasteiger partial charge in [0.15, 0.2) is 0 Å². The van der Waals surface area contributed by atoms with Gasteiger partial charge in [-0.2, -0.15) is 0 Å². The van der Waals surface area contributed by atoms with E-state index in [4.69, 9.17) is 0 Å². The summed E-state index contributed by atoms with van der Waals surface area (Å²) in [6.45, 7) is 0. The second kappa shape index (κ2) is 5.84. The molecule has 0 bridgehead atoms. The molecule has 5 heteroatoms. The average molecular weight is 320 g/mol. The van der Waals surface area contributed by atoms with Crippen molar-refractivity contribution in [2.45, 2.75) is 0 Å². The number of aromatic nitrogens is 1. The highest BCUT2D eigenvalue weighted by Crippen LogP contribution is 2.21. The van der Waals surface area contributed by atoms with Gasteiger partial charge in [0.05, 0.1) is 10.2 Å². The molecule has 1 amide bonds. The summed E-state index contributed by atoms with van der Waals surface area (Å²) in [7, 11) is 3.88. The molecule has 4 nitrogen and oxygen atoms in total. The van der Waals surface area contributed by atoms with E-state index >= 15 is 0 Å². The second-order valence-corrected chi connectivity index (χ2v) is 5.11. The first-order chi connectivity index (χ1) is 9.08. The Hall–Kier alpha value is -1.88. The Bertz CT molecular complexity index is 599. The van der Waals surface area contributed by atoms with Crippen molar-refractivity contribution < 1.29 is 4.79 Å². The number of anilines is 2. The molecule has 0 aliphatic rings. The zero-order valence-corrected chi connectivity index (χ0v) is 12.3. The SMILES string of the molecule is CN(C)c1cccc(C(=O)Nc2ccncc2Br)c1. The first-order valence-electron chi connectivity index (χ1n) is 5.76. The highest BCUT2D eigenvalue weighted by atomic mass is 79.9. The zero-order chi connectivity index (χ0) is 13.8. The lowest BCUT2D eigenvalue weighted by atomic mass is 10.2. The molecule has 0 unspecified atom stereocenters. The van der Waals surface area contributed by atoms with Crippen molar-refractivity contribution in [3.05, 3.63) is 52.8 Å². The summed E-state index contributed by atoms with van der Waals surface area (Å²) >= 11 is 3.35. The lowest BCUT2D eigenvalue weighted by molar-refractivity contribution is 0.102. The maximum Gasteiger partial charge on any atom is 0.255 e. The fourth-order valence-electron chi connectivity index (χ4n) is 1.60. The van der Waals surface area contributed by atoms with E-state index in [0.29, 0.717) is 11.3 Å². The van der Waals surface area contributed by atoms with E-state index < -0.39 is 0 Å². The predicted octanol–water partition coefficient (Wildman–Crippen LogP) is 3.16. The molecular weight excluding hydrogens is 306 g/mol. The van der Waals surface area contributed by atoms with Gasteiger partial charge in [-0.25, -0.2) is 0 Å². The molecule has 0 atom stereocenters. The Morgan fingerprint density at radius 1 is 1.32 bits per heavy atom. The number of nitrogens with zero attached hydrogens (tertiary/aromatic N) is 2. The lowest BCUT2D eigenvalue weighted by Crippen LogP contribution is -2.14. The Labute approximate surface area is 120 Å². The van der Waals surface area contributed by atoms with Gasteiger partial charge in [-0.15, -0.1) is 0 Å². The van der Waals surface area contributed by atoms with E-state index in [9.17, 15) is 4.79 Å². The summed E-state index contributed by atoms with van der Waals surface area (Å²) < 4.78 is 0.757. The topological polar surface area (TPSA) is 45.2 Å². The van der Waals surface area contributed by atoms with Crippen molar-refractivity contribution in [1.29, 1.82) is 0 Å². The van der Waals surface area contributed by atoms with Gasteiger partial charge in [0.25, 0.3) is 5.91 Å². The van der Waals surface area contributed by atoms with Crippen molar-refractivity contribution >= 4 is 33.2 Å². The summed E-state index contributed by atoms with van der Waals surface area (Å²) in [4.78, 5) is 18.1. The van der Waals surface area contributed by atoms with Gasteiger partial charge in [0.2, 0.25) is 0 Å². The molecule has 2 rings (SSSR count). The summed E-state index contributed by atoms with van der Waals surface area (Å²) in [5, 5.41) is 2.85. The lowest BCUT2D eigenvalue weighted by Gasteiger charge is -2.13. The first-order valence-corrected chi connectivity index (χ1v) is 6.55. The molecule has 19 heavy (non-hydrogen) atoms. The number of hydrogen-bond acceptors (Lipinski definition) is 3. The van der Waals surface area contributed by atoms with Crippen LogP contribution in [0.5, 0.6) is 0 Å². The number of amides is 1. The van der Waals surface area contributed by atoms with Gasteiger partial charge in [0.1, 0.15) is 0 Å². The van der Waals surface area contributed by atoms with Crippen LogP contribution < -0.4 is 10.2 Å². The molecule has 2 aromatic rings. The third-order valence-corrected chi connectivity index (χ3v) is 3.28. The molecule has 0 saturated heterocycles. The second-order valence-electron chi connectivity index (χ2n) is 4.25. The summed E-state index contributed by atoms with van der Waals surface area (Å²) in [5.41, 5.74) is 2.31. The number of halogens is 1. The molecular formula is C14H14BrN3O. The van der Waals surface area contributed by atoms with Crippen molar-refractivity contribution in [1.82, 2.24) is 4.98 Å². The van der Waals surface area contributed by atoms with Crippen LogP contribution in [0.4, 0.5) is 11.4 Å². The Morgan fingerprint density at radius 2 is 2.11 bits per heavy atom. The Balaban J connectivity index is 2.21. The molecule has 0 aliphatic carbocycles. The highest BCUT2D eigenvalue weighted by Gasteiger charge is 2.09. The number of carbonyl (C=O) groups is 1. The van der Waals surface area contributed by atoms with Crippen LogP contribution >= 0.6 is 15.9 Å². The molecule has 1 aromatic heterocycles. The number of rotatable bonds is 3. The Morgan fingerprint density at radius 3 is 2.79 bits per heavy atom. The number of pyridine rings is 1. The predicted molar refractivity (Wildman–Crippen MR) is 80.7 cm³/mol. The van der Waals surface area contributed by atoms with Crippen LogP contribution in [-0.4, -0.2) is 25.0 Å². The molecule has 1 aromatic carbocycles. The van der Waals surface area contributed by atoms with E-state index in [-0.39, 0.29) is 5.91 Å². The first kappa shape index (κ1) is 13.5. The van der Waals surface area contributed by atoms with Gasteiger partial charge in [0, 0.05) is 37.7 Å². The Kier molecular flexibility index (Phi) is 4.16. The standard InChI is InChI=1S/C14H14BrN3O/c1-18(2)11-5-3-4-10(8-11)14(19)17-13-6-7-16-9-12(13)15/h3-9H,1-2H3,(H,16,17,19). The monoisotopic (exact) mass is 319 g/mol. The van der Waals surface area contributed by atoms with Crippen molar-refractivity contribution in [3.63, 3.8) is 0 Å². The average Bonchev–Trinajstić information content (AvgIpc) is 2.41. The normalized spacial score (nSPS) is 10.1. The van der Waals surface area contributed by atoms with Gasteiger partial charge < -0.3 is 10.2 Å². The smallest absolute Gasteiger partial charge is 0.255 e. The van der Waals surface area contributed by atoms with Crippen molar-refractivity contribution in [3.8, 4) is 0 Å². The number of benzene rings is 1. The third-order valence-electron chi connectivity index (χ3n) is 2.65. The van der Waals surface area contributed by atoms with Crippen LogP contribution in [-0.2, 0) is 0 Å². The maximum absolute atomic E-state index is 12.2. The van der Waals surface area contributed by atoms with Crippen molar-refractivity contribution in [2.24, 2.45) is 0 Å². The van der Waals surface area contributed by atoms with Crippen LogP contribution in [0.3, 0.4) is 0 Å². The van der Waals surface area contributed by atoms with E-state index in [2.05, 4.69) is 26.2 Å². The fourth-order valence-corrected chi connectivity index (χ4v) is 1.95. The van der Waals surface area contributed by atoms with Crippen molar-refractivity contribution in [2.75, 3.05) is 24.3 Å². The minimum atomic E-state index is -0.143. The maximum atomic E-state index is 12.2. The molecule has 0 fully saturated rings. The van der Waals surface area contributed by atoms with Crippen LogP contribution in [0.1, 0.15) is 10.4 Å². The van der Waals surface area contributed by atoms with Gasteiger partial charge in [-0.3, -0.25) is 9.78 Å². The third kappa shape index (κ3) is 3.32. The largest absolute Gasteiger partial charge is 0.378 e. The minimum Gasteiger partial charge on any atom is -0.378 e. The summed E-state index contributed by atoms with van der Waals surface area (Å²) in [6.07, 6.45) is 3.28. The molecule has 1 N–H and O–H groups in total. The molecule has 0 saturated carbocycles. The van der Waals surface area contributed by atoms with Gasteiger partial charge in [-0.05, 0) is 40.2 Å². The molecule has 0 spiro atoms.